The summed E-state index contributed by atoms with van der Waals surface area (Å²) in [5.41, 5.74) is 3.53. The van der Waals surface area contributed by atoms with Gasteiger partial charge in [-0.25, -0.2) is 0 Å². The summed E-state index contributed by atoms with van der Waals surface area (Å²) >= 11 is 0. The normalized spacial score (nSPS) is 17.0. The zero-order valence-electron chi connectivity index (χ0n) is 16.2. The molecular weight excluding hydrogens is 330 g/mol. The summed E-state index contributed by atoms with van der Waals surface area (Å²) in [4.78, 5) is 2.43. The summed E-state index contributed by atoms with van der Waals surface area (Å²) < 4.78 is 18.5. The number of benzene rings is 1. The molecule has 0 bridgehead atoms. The van der Waals surface area contributed by atoms with Crippen molar-refractivity contribution in [1.82, 2.24) is 14.7 Å². The molecule has 142 valence electrons. The molecule has 0 radical (unpaired) electrons. The van der Waals surface area contributed by atoms with Crippen LogP contribution in [-0.2, 0) is 24.9 Å². The fourth-order valence-electron chi connectivity index (χ4n) is 3.54. The van der Waals surface area contributed by atoms with Gasteiger partial charge in [0.15, 0.2) is 11.5 Å². The summed E-state index contributed by atoms with van der Waals surface area (Å²) in [5, 5.41) is 4.48. The minimum absolute atomic E-state index is 0.312. The van der Waals surface area contributed by atoms with Crippen LogP contribution in [0, 0.1) is 6.92 Å². The van der Waals surface area contributed by atoms with Crippen LogP contribution in [0.25, 0.3) is 0 Å². The minimum atomic E-state index is 0.312. The standard InChI is InChI=1S/C20H29N3O3/c1-15-17(12-22(2)21-15)13-23(14-18-6-5-9-26-18)11-16-7-8-19(24-3)20(10-16)25-4/h7-8,10,12,18H,5-6,9,11,13-14H2,1-4H3/t18-/m1/s1. The zero-order valence-corrected chi connectivity index (χ0v) is 16.2. The number of nitrogens with zero attached hydrogens (tertiary/aromatic N) is 3. The van der Waals surface area contributed by atoms with E-state index in [1.807, 2.05) is 17.8 Å². The Bertz CT molecular complexity index is 723. The van der Waals surface area contributed by atoms with Gasteiger partial charge in [-0.3, -0.25) is 9.58 Å². The van der Waals surface area contributed by atoms with E-state index in [0.717, 1.165) is 56.3 Å². The molecule has 1 atom stereocenters. The van der Waals surface area contributed by atoms with Crippen LogP contribution in [0.5, 0.6) is 11.5 Å². The molecule has 0 spiro atoms. The van der Waals surface area contributed by atoms with Crippen LogP contribution in [0.3, 0.4) is 0 Å². The monoisotopic (exact) mass is 359 g/mol. The molecule has 0 unspecified atom stereocenters. The van der Waals surface area contributed by atoms with Crippen molar-refractivity contribution in [2.24, 2.45) is 7.05 Å². The van der Waals surface area contributed by atoms with Crippen molar-refractivity contribution < 1.29 is 14.2 Å². The molecule has 0 N–H and O–H groups in total. The van der Waals surface area contributed by atoms with E-state index in [0.29, 0.717) is 6.10 Å². The van der Waals surface area contributed by atoms with E-state index in [4.69, 9.17) is 14.2 Å². The van der Waals surface area contributed by atoms with Crippen molar-refractivity contribution >= 4 is 0 Å². The summed E-state index contributed by atoms with van der Waals surface area (Å²) in [7, 11) is 5.30. The van der Waals surface area contributed by atoms with Gasteiger partial charge in [0, 0.05) is 45.0 Å². The highest BCUT2D eigenvalue weighted by Gasteiger charge is 2.21. The Labute approximate surface area is 155 Å². The van der Waals surface area contributed by atoms with E-state index in [-0.39, 0.29) is 0 Å². The Balaban J connectivity index is 1.77. The van der Waals surface area contributed by atoms with E-state index >= 15 is 0 Å². The van der Waals surface area contributed by atoms with Crippen molar-refractivity contribution in [3.63, 3.8) is 0 Å². The third-order valence-corrected chi connectivity index (χ3v) is 4.85. The zero-order chi connectivity index (χ0) is 18.5. The van der Waals surface area contributed by atoms with Crippen LogP contribution in [-0.4, -0.2) is 48.2 Å². The van der Waals surface area contributed by atoms with Crippen LogP contribution in [0.2, 0.25) is 0 Å². The molecule has 6 nitrogen and oxygen atoms in total. The second kappa shape index (κ2) is 8.56. The van der Waals surface area contributed by atoms with Gasteiger partial charge in [0.25, 0.3) is 0 Å². The predicted molar refractivity (Wildman–Crippen MR) is 101 cm³/mol. The van der Waals surface area contributed by atoms with Gasteiger partial charge in [0.1, 0.15) is 0 Å². The molecule has 0 saturated carbocycles. The maximum absolute atomic E-state index is 5.87. The lowest BCUT2D eigenvalue weighted by Crippen LogP contribution is -2.31. The van der Waals surface area contributed by atoms with Gasteiger partial charge in [-0.15, -0.1) is 0 Å². The summed E-state index contributed by atoms with van der Waals surface area (Å²) in [5.74, 6) is 1.52. The SMILES string of the molecule is COc1ccc(CN(Cc2cn(C)nc2C)C[C@H]2CCCO2)cc1OC. The van der Waals surface area contributed by atoms with E-state index in [1.165, 1.54) is 11.1 Å². The molecule has 0 amide bonds. The highest BCUT2D eigenvalue weighted by atomic mass is 16.5. The summed E-state index contributed by atoms with van der Waals surface area (Å²) in [6.07, 6.45) is 4.70. The van der Waals surface area contributed by atoms with E-state index in [1.54, 1.807) is 14.2 Å². The van der Waals surface area contributed by atoms with Gasteiger partial charge in [-0.05, 0) is 37.5 Å². The Morgan fingerprint density at radius 3 is 2.65 bits per heavy atom. The molecular formula is C20H29N3O3. The number of rotatable bonds is 8. The highest BCUT2D eigenvalue weighted by molar-refractivity contribution is 5.42. The second-order valence-corrected chi connectivity index (χ2v) is 6.91. The number of aryl methyl sites for hydroxylation is 2. The number of hydrogen-bond donors (Lipinski definition) is 0. The molecule has 3 rings (SSSR count). The fraction of sp³-hybridized carbons (Fsp3) is 0.550. The second-order valence-electron chi connectivity index (χ2n) is 6.91. The molecule has 1 saturated heterocycles. The van der Waals surface area contributed by atoms with Crippen molar-refractivity contribution in [3.8, 4) is 11.5 Å². The highest BCUT2D eigenvalue weighted by Crippen LogP contribution is 2.28. The van der Waals surface area contributed by atoms with Crippen molar-refractivity contribution in [3.05, 3.63) is 41.2 Å². The van der Waals surface area contributed by atoms with Gasteiger partial charge in [-0.1, -0.05) is 6.07 Å². The van der Waals surface area contributed by atoms with Crippen molar-refractivity contribution in [2.45, 2.75) is 39.0 Å². The maximum Gasteiger partial charge on any atom is 0.161 e. The predicted octanol–water partition coefficient (Wildman–Crippen LogP) is 2.93. The van der Waals surface area contributed by atoms with Gasteiger partial charge in [0.05, 0.1) is 26.0 Å². The van der Waals surface area contributed by atoms with Crippen molar-refractivity contribution in [1.29, 1.82) is 0 Å². The van der Waals surface area contributed by atoms with Gasteiger partial charge in [-0.2, -0.15) is 5.10 Å². The summed E-state index contributed by atoms with van der Waals surface area (Å²) in [6, 6.07) is 6.12. The molecule has 1 aromatic carbocycles. The Kier molecular flexibility index (Phi) is 6.16. The number of aromatic nitrogens is 2. The van der Waals surface area contributed by atoms with Crippen molar-refractivity contribution in [2.75, 3.05) is 27.4 Å². The van der Waals surface area contributed by atoms with Crippen LogP contribution in [0.4, 0.5) is 0 Å². The smallest absolute Gasteiger partial charge is 0.161 e. The largest absolute Gasteiger partial charge is 0.493 e. The average Bonchev–Trinajstić information content (AvgIpc) is 3.24. The first-order valence-electron chi connectivity index (χ1n) is 9.13. The molecule has 1 aromatic heterocycles. The molecule has 1 aliphatic rings. The number of hydrogen-bond acceptors (Lipinski definition) is 5. The first-order valence-corrected chi connectivity index (χ1v) is 9.13. The Hall–Kier alpha value is -2.05. The van der Waals surface area contributed by atoms with E-state index < -0.39 is 0 Å². The van der Waals surface area contributed by atoms with Crippen LogP contribution in [0.1, 0.15) is 29.7 Å². The van der Waals surface area contributed by atoms with Gasteiger partial charge in [0.2, 0.25) is 0 Å². The third-order valence-electron chi connectivity index (χ3n) is 4.85. The molecule has 1 fully saturated rings. The maximum atomic E-state index is 5.87. The Morgan fingerprint density at radius 1 is 1.23 bits per heavy atom. The molecule has 6 heteroatoms. The third kappa shape index (κ3) is 4.56. The lowest BCUT2D eigenvalue weighted by Gasteiger charge is -2.25. The van der Waals surface area contributed by atoms with Gasteiger partial charge < -0.3 is 14.2 Å². The minimum Gasteiger partial charge on any atom is -0.493 e. The lowest BCUT2D eigenvalue weighted by atomic mass is 10.1. The topological polar surface area (TPSA) is 48.8 Å². The lowest BCUT2D eigenvalue weighted by molar-refractivity contribution is 0.0678. The quantitative estimate of drug-likeness (QED) is 0.725. The molecule has 0 aliphatic carbocycles. The first kappa shape index (κ1) is 18.7. The fourth-order valence-corrected chi connectivity index (χ4v) is 3.54. The van der Waals surface area contributed by atoms with Gasteiger partial charge >= 0.3 is 0 Å². The number of ether oxygens (including phenoxy) is 3. The average molecular weight is 359 g/mol. The molecule has 1 aliphatic heterocycles. The molecule has 26 heavy (non-hydrogen) atoms. The van der Waals surface area contributed by atoms with Crippen LogP contribution >= 0.6 is 0 Å². The van der Waals surface area contributed by atoms with E-state index in [9.17, 15) is 0 Å². The molecule has 2 heterocycles. The van der Waals surface area contributed by atoms with Crippen LogP contribution < -0.4 is 9.47 Å². The Morgan fingerprint density at radius 2 is 2.04 bits per heavy atom. The number of methoxy groups -OCH3 is 2. The summed E-state index contributed by atoms with van der Waals surface area (Å²) in [6.45, 7) is 5.54. The first-order chi connectivity index (χ1) is 12.6. The molecule has 2 aromatic rings. The van der Waals surface area contributed by atoms with Crippen LogP contribution in [0.15, 0.2) is 24.4 Å². The van der Waals surface area contributed by atoms with E-state index in [2.05, 4.69) is 35.3 Å².